The molecule has 0 spiro atoms. The Labute approximate surface area is 166 Å². The first-order valence-corrected chi connectivity index (χ1v) is 10.8. The van der Waals surface area contributed by atoms with Crippen LogP contribution in [0.1, 0.15) is 50.5 Å². The van der Waals surface area contributed by atoms with Crippen LogP contribution in [0.15, 0.2) is 28.2 Å². The van der Waals surface area contributed by atoms with E-state index in [1.807, 2.05) is 7.05 Å². The minimum Gasteiger partial charge on any atom is -0.382 e. The van der Waals surface area contributed by atoms with Crippen molar-refractivity contribution in [3.63, 3.8) is 0 Å². The van der Waals surface area contributed by atoms with Crippen molar-refractivity contribution in [2.75, 3.05) is 25.5 Å². The van der Waals surface area contributed by atoms with Gasteiger partial charge in [-0.3, -0.25) is 4.72 Å². The molecule has 1 aliphatic carbocycles. The van der Waals surface area contributed by atoms with Crippen LogP contribution in [0.5, 0.6) is 0 Å². The molecular formula is C19H33N7S. The van der Waals surface area contributed by atoms with Crippen molar-refractivity contribution < 1.29 is 0 Å². The average Bonchev–Trinajstić information content (AvgIpc) is 2.70. The maximum absolute atomic E-state index is 6.42. The molecule has 27 heavy (non-hydrogen) atoms. The van der Waals surface area contributed by atoms with Crippen LogP contribution in [-0.2, 0) is 0 Å². The van der Waals surface area contributed by atoms with Crippen molar-refractivity contribution in [3.8, 4) is 0 Å². The summed E-state index contributed by atoms with van der Waals surface area (Å²) in [5.74, 6) is 6.68. The summed E-state index contributed by atoms with van der Waals surface area (Å²) in [6.45, 7) is 1.94. The second-order valence-electron chi connectivity index (χ2n) is 7.34. The zero-order chi connectivity index (χ0) is 19.1. The van der Waals surface area contributed by atoms with Crippen LogP contribution in [0.2, 0.25) is 0 Å². The highest BCUT2D eigenvalue weighted by Crippen LogP contribution is 2.27. The van der Waals surface area contributed by atoms with Gasteiger partial charge in [0.2, 0.25) is 0 Å². The van der Waals surface area contributed by atoms with Gasteiger partial charge in [-0.15, -0.1) is 5.10 Å². The summed E-state index contributed by atoms with van der Waals surface area (Å²) in [6, 6.07) is 7.04. The van der Waals surface area contributed by atoms with Gasteiger partial charge in [0.25, 0.3) is 0 Å². The van der Waals surface area contributed by atoms with E-state index in [4.69, 9.17) is 11.6 Å². The van der Waals surface area contributed by atoms with Gasteiger partial charge in [0.1, 0.15) is 0 Å². The maximum atomic E-state index is 6.42. The lowest BCUT2D eigenvalue weighted by molar-refractivity contribution is 0.171. The summed E-state index contributed by atoms with van der Waals surface area (Å²) >= 11 is 1.57. The summed E-state index contributed by atoms with van der Waals surface area (Å²) in [4.78, 5) is 1.10. The normalized spacial score (nSPS) is 19.9. The van der Waals surface area contributed by atoms with Crippen LogP contribution in [0, 0.1) is 0 Å². The third-order valence-electron chi connectivity index (χ3n) is 5.36. The lowest BCUT2D eigenvalue weighted by atomic mass is 9.95. The van der Waals surface area contributed by atoms with Crippen LogP contribution >= 0.6 is 11.9 Å². The van der Waals surface area contributed by atoms with Crippen molar-refractivity contribution in [2.24, 2.45) is 16.7 Å². The molecule has 0 atom stereocenters. The first-order valence-electron chi connectivity index (χ1n) is 10.0. The van der Waals surface area contributed by atoms with E-state index in [1.165, 1.54) is 32.1 Å². The van der Waals surface area contributed by atoms with Crippen molar-refractivity contribution in [1.82, 2.24) is 15.2 Å². The Morgan fingerprint density at radius 3 is 2.63 bits per heavy atom. The van der Waals surface area contributed by atoms with Crippen LogP contribution in [0.4, 0.5) is 5.69 Å². The fourth-order valence-corrected chi connectivity index (χ4v) is 4.39. The number of anilines is 1. The molecule has 0 bridgehead atoms. The van der Waals surface area contributed by atoms with Gasteiger partial charge in [-0.2, -0.15) is 0 Å². The Morgan fingerprint density at radius 2 is 1.93 bits per heavy atom. The summed E-state index contributed by atoms with van der Waals surface area (Å²) in [6.07, 6.45) is 8.30. The predicted molar refractivity (Wildman–Crippen MR) is 114 cm³/mol. The molecule has 1 aromatic carbocycles. The number of rotatable bonds is 7. The van der Waals surface area contributed by atoms with E-state index in [-0.39, 0.29) is 6.04 Å². The van der Waals surface area contributed by atoms with Crippen LogP contribution in [0.3, 0.4) is 0 Å². The zero-order valence-corrected chi connectivity index (χ0v) is 17.0. The molecule has 3 rings (SSSR count). The Hall–Kier alpha value is -1.48. The van der Waals surface area contributed by atoms with E-state index < -0.39 is 0 Å². The molecular weight excluding hydrogens is 358 g/mol. The van der Waals surface area contributed by atoms with E-state index in [9.17, 15) is 0 Å². The molecule has 1 saturated carbocycles. The van der Waals surface area contributed by atoms with Crippen molar-refractivity contribution in [3.05, 3.63) is 23.8 Å². The first kappa shape index (κ1) is 20.3. The first-order chi connectivity index (χ1) is 13.2. The van der Waals surface area contributed by atoms with E-state index in [2.05, 4.69) is 38.7 Å². The van der Waals surface area contributed by atoms with Crippen LogP contribution < -0.4 is 26.9 Å². The number of hydrogen-bond donors (Lipinski definition) is 5. The monoisotopic (exact) mass is 391 g/mol. The van der Waals surface area contributed by atoms with E-state index >= 15 is 0 Å². The maximum Gasteiger partial charge on any atom is 0.154 e. The van der Waals surface area contributed by atoms with E-state index in [0.717, 1.165) is 42.1 Å². The molecule has 2 aliphatic rings. The molecule has 1 saturated heterocycles. The Kier molecular flexibility index (Phi) is 7.63. The number of hydrazone groups is 1. The van der Waals surface area contributed by atoms with Crippen LogP contribution in [-0.4, -0.2) is 43.2 Å². The lowest BCUT2D eigenvalue weighted by Gasteiger charge is -2.29. The molecule has 7 N–H and O–H groups in total. The van der Waals surface area contributed by atoms with Crippen molar-refractivity contribution in [1.29, 1.82) is 0 Å². The molecule has 0 unspecified atom stereocenters. The van der Waals surface area contributed by atoms with Crippen LogP contribution in [0.25, 0.3) is 0 Å². The number of nitrogens with two attached hydrogens (primary N) is 2. The molecule has 7 nitrogen and oxygen atoms in total. The third-order valence-corrected chi connectivity index (χ3v) is 6.05. The topological polar surface area (TPSA) is 104 Å². The standard InChI is InChI=1S/C19H33N7S/c1-22-27-16-7-8-18(24-14-5-3-2-4-6-14)17(13-16)19(20)25-26(21)15-9-11-23-12-10-15/h7-8,13-15,22-24H,2-6,9-12,21H2,1H3,(H2,20,25). The van der Waals surface area contributed by atoms with E-state index in [1.54, 1.807) is 17.1 Å². The number of amidine groups is 1. The molecule has 0 aromatic heterocycles. The lowest BCUT2D eigenvalue weighted by Crippen LogP contribution is -2.45. The zero-order valence-electron chi connectivity index (χ0n) is 16.2. The Balaban J connectivity index is 1.80. The summed E-state index contributed by atoms with van der Waals surface area (Å²) in [5.41, 5.74) is 8.38. The fourth-order valence-electron chi connectivity index (χ4n) is 3.84. The molecule has 1 aliphatic heterocycles. The molecule has 150 valence electrons. The number of hydrazine groups is 1. The molecule has 1 aromatic rings. The predicted octanol–water partition coefficient (Wildman–Crippen LogP) is 2.21. The highest BCUT2D eigenvalue weighted by Gasteiger charge is 2.20. The minimum absolute atomic E-state index is 0.231. The van der Waals surface area contributed by atoms with Gasteiger partial charge in [-0.25, -0.2) is 11.0 Å². The third kappa shape index (κ3) is 5.75. The van der Waals surface area contributed by atoms with Gasteiger partial charge >= 0.3 is 0 Å². The number of nitrogens with zero attached hydrogens (tertiary/aromatic N) is 2. The number of hydrogen-bond acceptors (Lipinski definition) is 7. The number of piperidine rings is 1. The largest absolute Gasteiger partial charge is 0.382 e. The highest BCUT2D eigenvalue weighted by molar-refractivity contribution is 7.97. The molecule has 1 heterocycles. The van der Waals surface area contributed by atoms with Gasteiger partial charge in [-0.05, 0) is 76.0 Å². The Morgan fingerprint density at radius 1 is 1.19 bits per heavy atom. The van der Waals surface area contributed by atoms with Gasteiger partial charge < -0.3 is 16.4 Å². The van der Waals surface area contributed by atoms with Gasteiger partial charge in [0.15, 0.2) is 5.84 Å². The second kappa shape index (κ2) is 10.2. The number of nitrogens with one attached hydrogen (secondary N) is 3. The van der Waals surface area contributed by atoms with Gasteiger partial charge in [0.05, 0.1) is 6.04 Å². The summed E-state index contributed by atoms with van der Waals surface area (Å²) < 4.78 is 3.12. The van der Waals surface area contributed by atoms with Crippen molar-refractivity contribution >= 4 is 23.5 Å². The molecule has 2 fully saturated rings. The van der Waals surface area contributed by atoms with Gasteiger partial charge in [-0.1, -0.05) is 19.3 Å². The molecule has 0 radical (unpaired) electrons. The minimum atomic E-state index is 0.231. The van der Waals surface area contributed by atoms with Gasteiger partial charge in [0, 0.05) is 22.2 Å². The SMILES string of the molecule is CNSc1ccc(NC2CCCCC2)c(/C(N)=N/N(N)C2CCNCC2)c1. The second-order valence-corrected chi connectivity index (χ2v) is 8.42. The fraction of sp³-hybridized carbons (Fsp3) is 0.632. The average molecular weight is 392 g/mol. The summed E-state index contributed by atoms with van der Waals surface area (Å²) in [5, 5.41) is 13.1. The Bertz CT molecular complexity index is 624. The molecule has 0 amide bonds. The smallest absolute Gasteiger partial charge is 0.154 e. The number of benzene rings is 1. The molecule has 8 heteroatoms. The highest BCUT2D eigenvalue weighted by atomic mass is 32.2. The summed E-state index contributed by atoms with van der Waals surface area (Å²) in [7, 11) is 1.91. The van der Waals surface area contributed by atoms with Crippen molar-refractivity contribution in [2.45, 2.75) is 61.9 Å². The van der Waals surface area contributed by atoms with E-state index in [0.29, 0.717) is 11.9 Å². The quantitative estimate of drug-likeness (QED) is 0.160.